The molecule has 0 spiro atoms. The number of rotatable bonds is 6. The Labute approximate surface area is 156 Å². The minimum Gasteiger partial charge on any atom is -0.465 e. The van der Waals surface area contributed by atoms with Crippen LogP contribution in [0, 0.1) is 5.92 Å². The Morgan fingerprint density at radius 2 is 2.11 bits per heavy atom. The average molecular weight is 379 g/mol. The third-order valence-electron chi connectivity index (χ3n) is 5.16. The molecule has 2 fully saturated rings. The summed E-state index contributed by atoms with van der Waals surface area (Å²) in [6, 6.07) is 0. The fourth-order valence-corrected chi connectivity index (χ4v) is 3.57. The van der Waals surface area contributed by atoms with Crippen LogP contribution in [0.2, 0.25) is 0 Å². The second-order valence-corrected chi connectivity index (χ2v) is 7.06. The van der Waals surface area contributed by atoms with Crippen LogP contribution in [0.4, 0.5) is 5.82 Å². The number of hydrogen-bond acceptors (Lipinski definition) is 8. The fourth-order valence-electron chi connectivity index (χ4n) is 3.57. The Morgan fingerprint density at radius 1 is 1.41 bits per heavy atom. The molecule has 2 heterocycles. The number of anilines is 1. The quantitative estimate of drug-likeness (QED) is 0.597. The SMILES string of the molecule is C=Cc1cn([C@@H]2O[C@H](CC(=O)OCC3CCCC3)[C@@H](O)[C@H]2O)c(=O)nc1N. The number of nitrogen functional groups attached to an aromatic ring is 1. The van der Waals surface area contributed by atoms with Crippen molar-refractivity contribution in [3.05, 3.63) is 28.8 Å². The maximum Gasteiger partial charge on any atom is 0.351 e. The van der Waals surface area contributed by atoms with Gasteiger partial charge in [0, 0.05) is 11.8 Å². The summed E-state index contributed by atoms with van der Waals surface area (Å²) in [7, 11) is 0. The van der Waals surface area contributed by atoms with E-state index in [0.29, 0.717) is 18.1 Å². The zero-order chi connectivity index (χ0) is 19.6. The fraction of sp³-hybridized carbons (Fsp3) is 0.611. The highest BCUT2D eigenvalue weighted by Gasteiger charge is 2.45. The molecule has 1 aromatic heterocycles. The Hall–Kier alpha value is -2.23. The summed E-state index contributed by atoms with van der Waals surface area (Å²) in [6.45, 7) is 3.94. The number of nitrogens with two attached hydrogens (primary N) is 1. The van der Waals surface area contributed by atoms with Crippen molar-refractivity contribution in [3.8, 4) is 0 Å². The Kier molecular flexibility index (Phi) is 5.93. The van der Waals surface area contributed by atoms with Gasteiger partial charge in [0.2, 0.25) is 0 Å². The molecule has 0 bridgehead atoms. The molecule has 3 rings (SSSR count). The normalized spacial score (nSPS) is 28.4. The molecule has 4 N–H and O–H groups in total. The minimum absolute atomic E-state index is 0.00586. The number of carbonyl (C=O) groups is 1. The van der Waals surface area contributed by atoms with Gasteiger partial charge >= 0.3 is 11.7 Å². The molecule has 0 amide bonds. The number of ether oxygens (including phenoxy) is 2. The van der Waals surface area contributed by atoms with E-state index in [9.17, 15) is 19.8 Å². The van der Waals surface area contributed by atoms with Gasteiger partial charge in [0.05, 0.1) is 19.1 Å². The zero-order valence-corrected chi connectivity index (χ0v) is 15.0. The van der Waals surface area contributed by atoms with Crippen molar-refractivity contribution >= 4 is 17.9 Å². The van der Waals surface area contributed by atoms with Crippen LogP contribution in [0.1, 0.15) is 43.9 Å². The lowest BCUT2D eigenvalue weighted by Crippen LogP contribution is -2.36. The largest absolute Gasteiger partial charge is 0.465 e. The lowest BCUT2D eigenvalue weighted by Gasteiger charge is -2.18. The van der Waals surface area contributed by atoms with Crippen molar-refractivity contribution in [1.29, 1.82) is 0 Å². The van der Waals surface area contributed by atoms with Crippen molar-refractivity contribution in [2.45, 2.75) is 56.6 Å². The van der Waals surface area contributed by atoms with Gasteiger partial charge in [-0.3, -0.25) is 9.36 Å². The van der Waals surface area contributed by atoms with Crippen molar-refractivity contribution in [1.82, 2.24) is 9.55 Å². The van der Waals surface area contributed by atoms with Crippen LogP contribution < -0.4 is 11.4 Å². The molecular formula is C18H25N3O6. The first kappa shape index (κ1) is 19.5. The van der Waals surface area contributed by atoms with E-state index in [0.717, 1.165) is 30.3 Å². The van der Waals surface area contributed by atoms with Crippen LogP contribution in [0.25, 0.3) is 6.08 Å². The highest BCUT2D eigenvalue weighted by Crippen LogP contribution is 2.31. The van der Waals surface area contributed by atoms with Gasteiger partial charge in [0.15, 0.2) is 6.23 Å². The number of aliphatic hydroxyl groups is 2. The van der Waals surface area contributed by atoms with Crippen molar-refractivity contribution < 1.29 is 24.5 Å². The third kappa shape index (κ3) is 4.20. The number of esters is 1. The van der Waals surface area contributed by atoms with Crippen molar-refractivity contribution in [2.24, 2.45) is 5.92 Å². The average Bonchev–Trinajstić information content (AvgIpc) is 3.25. The minimum atomic E-state index is -1.40. The molecule has 148 valence electrons. The van der Waals surface area contributed by atoms with E-state index < -0.39 is 36.2 Å². The van der Waals surface area contributed by atoms with Gasteiger partial charge in [-0.1, -0.05) is 25.5 Å². The zero-order valence-electron chi connectivity index (χ0n) is 15.0. The van der Waals surface area contributed by atoms with Crippen LogP contribution in [-0.4, -0.2) is 50.7 Å². The van der Waals surface area contributed by atoms with Crippen LogP contribution >= 0.6 is 0 Å². The maximum absolute atomic E-state index is 12.1. The number of aromatic nitrogens is 2. The molecule has 9 nitrogen and oxygen atoms in total. The second kappa shape index (κ2) is 8.20. The second-order valence-electron chi connectivity index (χ2n) is 7.06. The summed E-state index contributed by atoms with van der Waals surface area (Å²) in [4.78, 5) is 27.8. The Morgan fingerprint density at radius 3 is 2.78 bits per heavy atom. The van der Waals surface area contributed by atoms with Gasteiger partial charge in [-0.05, 0) is 18.8 Å². The molecule has 1 saturated heterocycles. The van der Waals surface area contributed by atoms with Crippen LogP contribution in [0.5, 0.6) is 0 Å². The smallest absolute Gasteiger partial charge is 0.351 e. The summed E-state index contributed by atoms with van der Waals surface area (Å²) in [5, 5.41) is 20.5. The molecular weight excluding hydrogens is 354 g/mol. The molecule has 9 heteroatoms. The molecule has 27 heavy (non-hydrogen) atoms. The predicted molar refractivity (Wildman–Crippen MR) is 96.5 cm³/mol. The Balaban J connectivity index is 1.66. The Bertz CT molecular complexity index is 758. The molecule has 0 unspecified atom stereocenters. The number of nitrogens with zero attached hydrogens (tertiary/aromatic N) is 2. The van der Waals surface area contributed by atoms with Crippen LogP contribution in [0.3, 0.4) is 0 Å². The standard InChI is InChI=1S/C18H25N3O6/c1-2-11-8-21(18(25)20-16(11)19)17-15(24)14(23)12(27-17)7-13(22)26-9-10-5-3-4-6-10/h2,8,10,12,14-15,17,23-24H,1,3-7,9H2,(H2,19,20,25)/t12-,14-,15-,17-/m1/s1. The monoisotopic (exact) mass is 379 g/mol. The first-order valence-corrected chi connectivity index (χ1v) is 9.09. The van der Waals surface area contributed by atoms with Crippen LogP contribution in [-0.2, 0) is 14.3 Å². The topological polar surface area (TPSA) is 137 Å². The highest BCUT2D eigenvalue weighted by molar-refractivity contribution is 5.70. The molecule has 1 aromatic rings. The predicted octanol–water partition coefficient (Wildman–Crippen LogP) is 0.211. The molecule has 4 atom stereocenters. The van der Waals surface area contributed by atoms with Crippen molar-refractivity contribution in [3.63, 3.8) is 0 Å². The van der Waals surface area contributed by atoms with Crippen molar-refractivity contribution in [2.75, 3.05) is 12.3 Å². The molecule has 2 aliphatic rings. The first-order chi connectivity index (χ1) is 12.9. The van der Waals surface area contributed by atoms with Gasteiger partial charge in [-0.15, -0.1) is 0 Å². The van der Waals surface area contributed by atoms with E-state index in [-0.39, 0.29) is 12.2 Å². The molecule has 1 aliphatic heterocycles. The lowest BCUT2D eigenvalue weighted by molar-refractivity contribution is -0.149. The van der Waals surface area contributed by atoms with Gasteiger partial charge in [-0.2, -0.15) is 4.98 Å². The summed E-state index contributed by atoms with van der Waals surface area (Å²) < 4.78 is 11.9. The summed E-state index contributed by atoms with van der Waals surface area (Å²) in [6.07, 6.45) is 2.02. The molecule has 0 radical (unpaired) electrons. The van der Waals surface area contributed by atoms with E-state index in [1.807, 2.05) is 0 Å². The number of carbonyl (C=O) groups excluding carboxylic acids is 1. The highest BCUT2D eigenvalue weighted by atomic mass is 16.6. The van der Waals surface area contributed by atoms with Gasteiger partial charge in [0.1, 0.15) is 18.0 Å². The maximum atomic E-state index is 12.1. The lowest BCUT2D eigenvalue weighted by atomic mass is 10.1. The van der Waals surface area contributed by atoms with Gasteiger partial charge in [-0.25, -0.2) is 4.79 Å². The summed E-state index contributed by atoms with van der Waals surface area (Å²) >= 11 is 0. The van der Waals surface area contributed by atoms with Crippen LogP contribution in [0.15, 0.2) is 17.6 Å². The molecule has 1 saturated carbocycles. The third-order valence-corrected chi connectivity index (χ3v) is 5.16. The molecule has 1 aliphatic carbocycles. The molecule has 0 aromatic carbocycles. The number of aliphatic hydroxyl groups excluding tert-OH is 2. The van der Waals surface area contributed by atoms with E-state index in [4.69, 9.17) is 15.2 Å². The van der Waals surface area contributed by atoms with E-state index in [2.05, 4.69) is 11.6 Å². The van der Waals surface area contributed by atoms with Gasteiger partial charge < -0.3 is 25.4 Å². The van der Waals surface area contributed by atoms with E-state index in [1.54, 1.807) is 0 Å². The number of hydrogen-bond donors (Lipinski definition) is 3. The summed E-state index contributed by atoms with van der Waals surface area (Å²) in [5.41, 5.74) is 5.28. The first-order valence-electron chi connectivity index (χ1n) is 9.09. The van der Waals surface area contributed by atoms with Gasteiger partial charge in [0.25, 0.3) is 0 Å². The summed E-state index contributed by atoms with van der Waals surface area (Å²) in [5.74, 6) is -0.113. The van der Waals surface area contributed by atoms with E-state index >= 15 is 0 Å². The van der Waals surface area contributed by atoms with E-state index in [1.165, 1.54) is 12.3 Å².